The van der Waals surface area contributed by atoms with Crippen LogP contribution in [-0.4, -0.2) is 43.6 Å². The average molecular weight is 288 g/mol. The van der Waals surface area contributed by atoms with Gasteiger partial charge < -0.3 is 5.11 Å². The fourth-order valence-electron chi connectivity index (χ4n) is 3.25. The molecule has 1 aliphatic heterocycles. The van der Waals surface area contributed by atoms with Crippen molar-refractivity contribution in [3.05, 3.63) is 29.3 Å². The highest BCUT2D eigenvalue weighted by Crippen LogP contribution is 2.19. The summed E-state index contributed by atoms with van der Waals surface area (Å²) in [6.07, 6.45) is 6.85. The minimum atomic E-state index is 0.240. The smallest absolute Gasteiger partial charge is 0.234 e. The highest BCUT2D eigenvalue weighted by atomic mass is 16.3. The van der Waals surface area contributed by atoms with Crippen molar-refractivity contribution in [3.63, 3.8) is 0 Å². The lowest BCUT2D eigenvalue weighted by molar-refractivity contribution is 0.117. The molecule has 1 fully saturated rings. The summed E-state index contributed by atoms with van der Waals surface area (Å²) in [5, 5.41) is 9.61. The first kappa shape index (κ1) is 14.5. The van der Waals surface area contributed by atoms with E-state index >= 15 is 0 Å². The molecule has 0 amide bonds. The van der Waals surface area contributed by atoms with Gasteiger partial charge in [0, 0.05) is 30.2 Å². The fraction of sp³-hybridized carbons (Fsp3) is 0.625. The third-order valence-electron chi connectivity index (χ3n) is 4.39. The van der Waals surface area contributed by atoms with E-state index in [4.69, 9.17) is 0 Å². The average Bonchev–Trinajstić information content (AvgIpc) is 2.71. The van der Waals surface area contributed by atoms with E-state index in [2.05, 4.69) is 34.1 Å². The third-order valence-corrected chi connectivity index (χ3v) is 4.39. The molecule has 1 atom stereocenters. The number of hydrogen-bond donors (Lipinski definition) is 1. The van der Waals surface area contributed by atoms with Gasteiger partial charge in [-0.15, -0.1) is 0 Å². The molecule has 5 heteroatoms. The summed E-state index contributed by atoms with van der Waals surface area (Å²) < 4.78 is 2.05. The quantitative estimate of drug-likeness (QED) is 0.939. The van der Waals surface area contributed by atoms with Crippen molar-refractivity contribution in [2.45, 2.75) is 52.1 Å². The minimum absolute atomic E-state index is 0.240. The van der Waals surface area contributed by atoms with Gasteiger partial charge in [0.15, 0.2) is 0 Å². The Kier molecular flexibility index (Phi) is 4.22. The Labute approximate surface area is 125 Å². The Morgan fingerprint density at radius 1 is 1.24 bits per heavy atom. The van der Waals surface area contributed by atoms with Crippen LogP contribution in [0.15, 0.2) is 12.3 Å². The minimum Gasteiger partial charge on any atom is -0.395 e. The van der Waals surface area contributed by atoms with Crippen LogP contribution < -0.4 is 0 Å². The normalized spacial score (nSPS) is 20.8. The zero-order valence-corrected chi connectivity index (χ0v) is 12.9. The number of aliphatic hydroxyl groups is 1. The predicted octanol–water partition coefficient (Wildman–Crippen LogP) is 2.08. The van der Waals surface area contributed by atoms with E-state index in [-0.39, 0.29) is 12.6 Å². The Bertz CT molecular complexity index is 622. The van der Waals surface area contributed by atoms with Crippen LogP contribution in [-0.2, 0) is 6.54 Å². The Balaban J connectivity index is 1.85. The van der Waals surface area contributed by atoms with Crippen LogP contribution in [0.4, 0.5) is 0 Å². The van der Waals surface area contributed by atoms with Crippen molar-refractivity contribution >= 4 is 5.78 Å². The molecule has 3 heterocycles. The first-order chi connectivity index (χ1) is 10.2. The van der Waals surface area contributed by atoms with Crippen LogP contribution in [0.5, 0.6) is 0 Å². The van der Waals surface area contributed by atoms with Gasteiger partial charge in [-0.1, -0.05) is 12.8 Å². The van der Waals surface area contributed by atoms with Crippen molar-refractivity contribution in [1.29, 1.82) is 0 Å². The summed E-state index contributed by atoms with van der Waals surface area (Å²) >= 11 is 0. The molecule has 5 nitrogen and oxygen atoms in total. The molecule has 2 aromatic rings. The van der Waals surface area contributed by atoms with Crippen LogP contribution in [0.3, 0.4) is 0 Å². The molecular weight excluding hydrogens is 264 g/mol. The van der Waals surface area contributed by atoms with Gasteiger partial charge in [0.25, 0.3) is 0 Å². The molecule has 114 valence electrons. The second-order valence-electron chi connectivity index (χ2n) is 6.10. The van der Waals surface area contributed by atoms with Crippen LogP contribution >= 0.6 is 0 Å². The van der Waals surface area contributed by atoms with Gasteiger partial charge in [0.1, 0.15) is 0 Å². The summed E-state index contributed by atoms with van der Waals surface area (Å²) in [4.78, 5) is 11.5. The van der Waals surface area contributed by atoms with E-state index in [9.17, 15) is 5.11 Å². The first-order valence-electron chi connectivity index (χ1n) is 7.84. The molecule has 0 aliphatic carbocycles. The van der Waals surface area contributed by atoms with E-state index in [1.807, 2.05) is 11.3 Å². The third kappa shape index (κ3) is 3.09. The van der Waals surface area contributed by atoms with Crippen molar-refractivity contribution in [2.24, 2.45) is 0 Å². The van der Waals surface area contributed by atoms with Crippen molar-refractivity contribution in [3.8, 4) is 0 Å². The molecule has 0 bridgehead atoms. The maximum Gasteiger partial charge on any atom is 0.234 e. The standard InChI is InChI=1S/C16H24N4O/c1-12-8-13(2)20-10-14(18-16(20)17-12)9-19-7-5-3-4-6-15(19)11-21/h8,10,15,21H,3-7,9,11H2,1-2H3. The van der Waals surface area contributed by atoms with Gasteiger partial charge in [0.05, 0.1) is 12.3 Å². The number of aryl methyl sites for hydroxylation is 2. The molecule has 0 spiro atoms. The summed E-state index contributed by atoms with van der Waals surface area (Å²) in [6.45, 7) is 6.16. The van der Waals surface area contributed by atoms with Crippen LogP contribution in [0.2, 0.25) is 0 Å². The molecule has 2 aromatic heterocycles. The van der Waals surface area contributed by atoms with Crippen molar-refractivity contribution < 1.29 is 5.11 Å². The molecule has 1 saturated heterocycles. The molecule has 21 heavy (non-hydrogen) atoms. The molecule has 1 unspecified atom stereocenters. The number of nitrogens with zero attached hydrogens (tertiary/aromatic N) is 4. The van der Waals surface area contributed by atoms with E-state index in [1.165, 1.54) is 19.3 Å². The Hall–Kier alpha value is -1.46. The number of aromatic nitrogens is 3. The Morgan fingerprint density at radius 3 is 2.90 bits per heavy atom. The second-order valence-corrected chi connectivity index (χ2v) is 6.10. The molecule has 1 aliphatic rings. The van der Waals surface area contributed by atoms with Crippen LogP contribution in [0.1, 0.15) is 42.8 Å². The largest absolute Gasteiger partial charge is 0.395 e. The zero-order chi connectivity index (χ0) is 14.8. The number of imidazole rings is 1. The molecule has 0 radical (unpaired) electrons. The highest BCUT2D eigenvalue weighted by molar-refractivity contribution is 5.34. The van der Waals surface area contributed by atoms with Gasteiger partial charge in [-0.05, 0) is 39.3 Å². The maximum absolute atomic E-state index is 9.61. The van der Waals surface area contributed by atoms with E-state index < -0.39 is 0 Å². The van der Waals surface area contributed by atoms with Crippen molar-refractivity contribution in [1.82, 2.24) is 19.3 Å². The topological polar surface area (TPSA) is 53.7 Å². The molecular formula is C16H24N4O. The first-order valence-corrected chi connectivity index (χ1v) is 7.84. The molecule has 1 N–H and O–H groups in total. The second kappa shape index (κ2) is 6.12. The molecule has 0 aromatic carbocycles. The predicted molar refractivity (Wildman–Crippen MR) is 82.2 cm³/mol. The number of likely N-dealkylation sites (tertiary alicyclic amines) is 1. The number of aliphatic hydroxyl groups excluding tert-OH is 1. The highest BCUT2D eigenvalue weighted by Gasteiger charge is 2.21. The van der Waals surface area contributed by atoms with Crippen molar-refractivity contribution in [2.75, 3.05) is 13.2 Å². The van der Waals surface area contributed by atoms with Crippen LogP contribution in [0, 0.1) is 13.8 Å². The van der Waals surface area contributed by atoms with Gasteiger partial charge in [-0.3, -0.25) is 9.30 Å². The fourth-order valence-corrected chi connectivity index (χ4v) is 3.25. The van der Waals surface area contributed by atoms with Gasteiger partial charge >= 0.3 is 0 Å². The van der Waals surface area contributed by atoms with Gasteiger partial charge in [-0.25, -0.2) is 9.97 Å². The monoisotopic (exact) mass is 288 g/mol. The Morgan fingerprint density at radius 2 is 2.10 bits per heavy atom. The summed E-state index contributed by atoms with van der Waals surface area (Å²) in [5.74, 6) is 0.776. The number of rotatable bonds is 3. The maximum atomic E-state index is 9.61. The van der Waals surface area contributed by atoms with Gasteiger partial charge in [0.2, 0.25) is 5.78 Å². The molecule has 0 saturated carbocycles. The van der Waals surface area contributed by atoms with E-state index in [0.717, 1.165) is 42.4 Å². The lowest BCUT2D eigenvalue weighted by atomic mass is 10.1. The van der Waals surface area contributed by atoms with Gasteiger partial charge in [-0.2, -0.15) is 0 Å². The summed E-state index contributed by atoms with van der Waals surface area (Å²) in [7, 11) is 0. The lowest BCUT2D eigenvalue weighted by Crippen LogP contribution is -2.37. The number of hydrogen-bond acceptors (Lipinski definition) is 4. The van der Waals surface area contributed by atoms with E-state index in [1.54, 1.807) is 0 Å². The zero-order valence-electron chi connectivity index (χ0n) is 12.9. The summed E-state index contributed by atoms with van der Waals surface area (Å²) in [5.41, 5.74) is 3.20. The lowest BCUT2D eigenvalue weighted by Gasteiger charge is -2.27. The number of fused-ring (bicyclic) bond motifs is 1. The SMILES string of the molecule is Cc1cc(C)n2cc(CN3CCCCCC3CO)nc2n1. The molecule has 3 rings (SSSR count). The summed E-state index contributed by atoms with van der Waals surface area (Å²) in [6, 6.07) is 2.34. The van der Waals surface area contributed by atoms with E-state index in [0.29, 0.717) is 0 Å². The van der Waals surface area contributed by atoms with Crippen LogP contribution in [0.25, 0.3) is 5.78 Å².